The van der Waals surface area contributed by atoms with Gasteiger partial charge < -0.3 is 10.6 Å². The lowest BCUT2D eigenvalue weighted by Crippen LogP contribution is -2.60. The van der Waals surface area contributed by atoms with Gasteiger partial charge in [-0.2, -0.15) is 13.2 Å². The van der Waals surface area contributed by atoms with Crippen molar-refractivity contribution in [2.75, 3.05) is 25.0 Å². The summed E-state index contributed by atoms with van der Waals surface area (Å²) in [5.74, 6) is 1.10. The molecule has 4 nitrogen and oxygen atoms in total. The molecule has 0 radical (unpaired) electrons. The topological polar surface area (TPSA) is 49.8 Å². The number of rotatable bonds is 5. The molecule has 7 heteroatoms. The van der Waals surface area contributed by atoms with Crippen LogP contribution in [-0.4, -0.2) is 35.8 Å². The highest BCUT2D eigenvalue weighted by Gasteiger charge is 2.62. The van der Waals surface area contributed by atoms with Crippen LogP contribution < -0.4 is 10.6 Å². The number of nitrogens with zero attached hydrogens (tertiary/aromatic N) is 2. The van der Waals surface area contributed by atoms with Crippen LogP contribution in [0.3, 0.4) is 0 Å². The van der Waals surface area contributed by atoms with Gasteiger partial charge in [0.2, 0.25) is 0 Å². The van der Waals surface area contributed by atoms with Gasteiger partial charge in [-0.15, -0.1) is 0 Å². The second-order valence-corrected chi connectivity index (χ2v) is 7.61. The minimum Gasteiger partial charge on any atom is -0.368 e. The molecule has 1 aromatic rings. The van der Waals surface area contributed by atoms with Gasteiger partial charge in [-0.25, -0.2) is 4.98 Å². The molecule has 0 amide bonds. The van der Waals surface area contributed by atoms with Gasteiger partial charge in [-0.1, -0.05) is 0 Å². The Morgan fingerprint density at radius 1 is 1.17 bits per heavy atom. The van der Waals surface area contributed by atoms with E-state index in [0.717, 1.165) is 25.2 Å². The third-order valence-electron chi connectivity index (χ3n) is 5.71. The lowest BCUT2D eigenvalue weighted by Gasteiger charge is -2.54. The van der Waals surface area contributed by atoms with E-state index in [1.54, 1.807) is 12.4 Å². The summed E-state index contributed by atoms with van der Waals surface area (Å²) in [5.41, 5.74) is -0.0696. The maximum Gasteiger partial charge on any atom is 0.396 e. The Morgan fingerprint density at radius 2 is 1.91 bits per heavy atom. The molecule has 126 valence electrons. The predicted octanol–water partition coefficient (Wildman–Crippen LogP) is 2.77. The average Bonchev–Trinajstić information content (AvgIpc) is 3.20. The van der Waals surface area contributed by atoms with Gasteiger partial charge in [0.05, 0.1) is 23.5 Å². The quantitative estimate of drug-likeness (QED) is 0.874. The summed E-state index contributed by atoms with van der Waals surface area (Å²) in [6.07, 6.45) is 2.93. The van der Waals surface area contributed by atoms with Crippen molar-refractivity contribution < 1.29 is 13.2 Å². The number of nitrogens with one attached hydrogen (secondary N) is 2. The molecule has 0 atom stereocenters. The lowest BCUT2D eigenvalue weighted by molar-refractivity contribution is -0.182. The maximum atomic E-state index is 12.9. The number of aromatic nitrogens is 2. The average molecular weight is 326 g/mol. The fourth-order valence-electron chi connectivity index (χ4n) is 3.89. The number of anilines is 1. The van der Waals surface area contributed by atoms with Crippen molar-refractivity contribution in [2.24, 2.45) is 16.7 Å². The molecule has 3 fully saturated rings. The van der Waals surface area contributed by atoms with Crippen molar-refractivity contribution >= 4 is 5.82 Å². The van der Waals surface area contributed by atoms with Crippen LogP contribution in [0.5, 0.6) is 0 Å². The van der Waals surface area contributed by atoms with Crippen LogP contribution in [0.15, 0.2) is 12.4 Å². The third kappa shape index (κ3) is 2.79. The van der Waals surface area contributed by atoms with E-state index in [4.69, 9.17) is 0 Å². The smallest absolute Gasteiger partial charge is 0.368 e. The van der Waals surface area contributed by atoms with Crippen molar-refractivity contribution in [2.45, 2.75) is 38.3 Å². The fraction of sp³-hybridized carbons (Fsp3) is 0.750. The van der Waals surface area contributed by atoms with E-state index in [0.29, 0.717) is 17.2 Å². The molecule has 2 heterocycles. The zero-order chi connectivity index (χ0) is 16.1. The predicted molar refractivity (Wildman–Crippen MR) is 80.0 cm³/mol. The highest BCUT2D eigenvalue weighted by Crippen LogP contribution is 2.57. The Kier molecular flexibility index (Phi) is 3.34. The molecule has 1 aliphatic heterocycles. The number of hydrogen-bond acceptors (Lipinski definition) is 4. The molecule has 0 aromatic carbocycles. The third-order valence-corrected chi connectivity index (χ3v) is 5.71. The van der Waals surface area contributed by atoms with E-state index in [9.17, 15) is 13.2 Å². The van der Waals surface area contributed by atoms with Crippen LogP contribution in [0.25, 0.3) is 0 Å². The normalized spacial score (nSPS) is 24.8. The fourth-order valence-corrected chi connectivity index (χ4v) is 3.89. The van der Waals surface area contributed by atoms with E-state index < -0.39 is 11.6 Å². The van der Waals surface area contributed by atoms with Crippen molar-refractivity contribution in [1.29, 1.82) is 0 Å². The minimum atomic E-state index is -4.13. The molecule has 4 rings (SSSR count). The highest BCUT2D eigenvalue weighted by atomic mass is 19.4. The van der Waals surface area contributed by atoms with Crippen LogP contribution in [0.4, 0.5) is 19.0 Å². The SMILES string of the molecule is FC(F)(F)C1(CNc2cnc(CC3CC4(CNC4)C3)cn2)CC1. The number of hydrogen-bond donors (Lipinski definition) is 2. The second kappa shape index (κ2) is 5.06. The summed E-state index contributed by atoms with van der Waals surface area (Å²) in [5, 5.41) is 6.11. The maximum absolute atomic E-state index is 12.9. The molecule has 2 N–H and O–H groups in total. The summed E-state index contributed by atoms with van der Waals surface area (Å²) >= 11 is 0. The van der Waals surface area contributed by atoms with Crippen molar-refractivity contribution in [3.8, 4) is 0 Å². The molecule has 0 unspecified atom stereocenters. The van der Waals surface area contributed by atoms with Gasteiger partial charge in [0, 0.05) is 19.6 Å². The van der Waals surface area contributed by atoms with Crippen LogP contribution in [0.1, 0.15) is 31.4 Å². The van der Waals surface area contributed by atoms with E-state index in [1.165, 1.54) is 12.8 Å². The first-order valence-electron chi connectivity index (χ1n) is 8.22. The molecule has 0 bridgehead atoms. The first-order valence-corrected chi connectivity index (χ1v) is 8.22. The summed E-state index contributed by atoms with van der Waals surface area (Å²) in [6, 6.07) is 0. The van der Waals surface area contributed by atoms with Gasteiger partial charge in [0.25, 0.3) is 0 Å². The summed E-state index contributed by atoms with van der Waals surface area (Å²) in [6.45, 7) is 2.17. The second-order valence-electron chi connectivity index (χ2n) is 7.61. The lowest BCUT2D eigenvalue weighted by atomic mass is 9.57. The van der Waals surface area contributed by atoms with Gasteiger partial charge in [0.15, 0.2) is 0 Å². The molecule has 3 aliphatic rings. The molecular weight excluding hydrogens is 305 g/mol. The molecule has 23 heavy (non-hydrogen) atoms. The van der Waals surface area contributed by atoms with Crippen LogP contribution in [0, 0.1) is 16.7 Å². The van der Waals surface area contributed by atoms with Gasteiger partial charge in [-0.3, -0.25) is 4.98 Å². The summed E-state index contributed by atoms with van der Waals surface area (Å²) in [4.78, 5) is 8.57. The number of halogens is 3. The Morgan fingerprint density at radius 3 is 2.39 bits per heavy atom. The Bertz CT molecular complexity index is 568. The van der Waals surface area contributed by atoms with Gasteiger partial charge in [0.1, 0.15) is 5.82 Å². The summed E-state index contributed by atoms with van der Waals surface area (Å²) < 4.78 is 38.6. The van der Waals surface area contributed by atoms with E-state index in [-0.39, 0.29) is 19.4 Å². The molecule has 2 saturated carbocycles. The standard InChI is InChI=1S/C16H21F3N4/c17-16(18,19)15(1-2-15)10-23-13-7-21-12(6-22-13)3-11-4-14(5-11)8-20-9-14/h6-7,11,20H,1-5,8-10H2,(H,22,23). The minimum absolute atomic E-state index is 0.108. The van der Waals surface area contributed by atoms with Crippen LogP contribution >= 0.6 is 0 Å². The summed E-state index contributed by atoms with van der Waals surface area (Å²) in [7, 11) is 0. The zero-order valence-corrected chi connectivity index (χ0v) is 12.9. The van der Waals surface area contributed by atoms with Gasteiger partial charge in [-0.05, 0) is 43.4 Å². The Hall–Kier alpha value is -1.37. The largest absolute Gasteiger partial charge is 0.396 e. The van der Waals surface area contributed by atoms with Crippen molar-refractivity contribution in [3.05, 3.63) is 18.1 Å². The van der Waals surface area contributed by atoms with E-state index in [1.807, 2.05) is 0 Å². The highest BCUT2D eigenvalue weighted by molar-refractivity contribution is 5.32. The van der Waals surface area contributed by atoms with E-state index in [2.05, 4.69) is 20.6 Å². The van der Waals surface area contributed by atoms with Gasteiger partial charge >= 0.3 is 6.18 Å². The molecule has 2 aliphatic carbocycles. The van der Waals surface area contributed by atoms with Crippen LogP contribution in [-0.2, 0) is 6.42 Å². The van der Waals surface area contributed by atoms with Crippen molar-refractivity contribution in [3.63, 3.8) is 0 Å². The first kappa shape index (κ1) is 15.2. The molecular formula is C16H21F3N4. The van der Waals surface area contributed by atoms with Crippen molar-refractivity contribution in [1.82, 2.24) is 15.3 Å². The first-order chi connectivity index (χ1) is 10.9. The Balaban J connectivity index is 1.27. The molecule has 1 aromatic heterocycles. The van der Waals surface area contributed by atoms with Crippen LogP contribution in [0.2, 0.25) is 0 Å². The molecule has 1 saturated heterocycles. The molecule has 1 spiro atoms. The number of alkyl halides is 3. The monoisotopic (exact) mass is 326 g/mol. The zero-order valence-electron chi connectivity index (χ0n) is 12.9. The Labute approximate surface area is 133 Å². The van der Waals surface area contributed by atoms with E-state index >= 15 is 0 Å².